The second kappa shape index (κ2) is 5.58. The molecule has 1 aromatic rings. The van der Waals surface area contributed by atoms with Crippen molar-refractivity contribution >= 4 is 17.7 Å². The number of hydrogen-bond acceptors (Lipinski definition) is 2. The molecule has 1 unspecified atom stereocenters. The van der Waals surface area contributed by atoms with E-state index in [1.165, 1.54) is 28.5 Å². The van der Waals surface area contributed by atoms with Crippen molar-refractivity contribution in [1.82, 2.24) is 0 Å². The molecule has 0 spiro atoms. The molecule has 0 saturated heterocycles. The van der Waals surface area contributed by atoms with Crippen LogP contribution >= 0.6 is 11.8 Å². The quantitative estimate of drug-likeness (QED) is 0.828. The van der Waals surface area contributed by atoms with Crippen LogP contribution in [0.2, 0.25) is 0 Å². The molecule has 1 N–H and O–H groups in total. The van der Waals surface area contributed by atoms with Crippen LogP contribution in [0.4, 0.5) is 0 Å². The van der Waals surface area contributed by atoms with Gasteiger partial charge in [-0.1, -0.05) is 31.5 Å². The number of carboxylic acid groups (broad SMARTS) is 1. The topological polar surface area (TPSA) is 37.3 Å². The Morgan fingerprint density at radius 2 is 1.65 bits per heavy atom. The van der Waals surface area contributed by atoms with E-state index in [0.29, 0.717) is 0 Å². The second-order valence-electron chi connectivity index (χ2n) is 4.85. The van der Waals surface area contributed by atoms with Crippen molar-refractivity contribution in [3.63, 3.8) is 0 Å². The van der Waals surface area contributed by atoms with Crippen LogP contribution < -0.4 is 0 Å². The maximum absolute atomic E-state index is 11.2. The maximum atomic E-state index is 11.2. The van der Waals surface area contributed by atoms with Crippen LogP contribution in [-0.2, 0) is 4.79 Å². The zero-order chi connectivity index (χ0) is 13.2. The van der Waals surface area contributed by atoms with Crippen molar-refractivity contribution < 1.29 is 9.90 Å². The first-order valence-electron chi connectivity index (χ1n) is 5.80. The molecule has 0 aliphatic rings. The molecule has 0 aromatic heterocycles. The Hall–Kier alpha value is -0.960. The highest BCUT2D eigenvalue weighted by atomic mass is 32.2. The molecule has 2 nitrogen and oxygen atoms in total. The predicted octanol–water partition coefficient (Wildman–Crippen LogP) is 3.81. The molecule has 1 aromatic carbocycles. The van der Waals surface area contributed by atoms with E-state index in [-0.39, 0.29) is 11.2 Å². The van der Waals surface area contributed by atoms with Crippen molar-refractivity contribution in [1.29, 1.82) is 0 Å². The van der Waals surface area contributed by atoms with Crippen LogP contribution in [0.5, 0.6) is 0 Å². The van der Waals surface area contributed by atoms with E-state index < -0.39 is 5.97 Å². The molecular weight excluding hydrogens is 232 g/mol. The molecule has 0 bridgehead atoms. The third kappa shape index (κ3) is 3.50. The lowest BCUT2D eigenvalue weighted by molar-refractivity contribution is -0.137. The number of carboxylic acids is 1. The monoisotopic (exact) mass is 252 g/mol. The summed E-state index contributed by atoms with van der Waals surface area (Å²) in [7, 11) is 0. The maximum Gasteiger partial charge on any atom is 0.317 e. The van der Waals surface area contributed by atoms with E-state index in [1.54, 1.807) is 0 Å². The second-order valence-corrected chi connectivity index (χ2v) is 6.00. The minimum Gasteiger partial charge on any atom is -0.480 e. The minimum atomic E-state index is -0.732. The molecule has 0 amide bonds. The summed E-state index contributed by atoms with van der Waals surface area (Å²) < 4.78 is 0. The molecule has 17 heavy (non-hydrogen) atoms. The Labute approximate surface area is 107 Å². The first-order valence-corrected chi connectivity index (χ1v) is 6.68. The van der Waals surface area contributed by atoms with Crippen molar-refractivity contribution in [3.05, 3.63) is 28.8 Å². The van der Waals surface area contributed by atoms with Gasteiger partial charge in [-0.2, -0.15) is 0 Å². The van der Waals surface area contributed by atoms with Crippen molar-refractivity contribution in [2.75, 3.05) is 0 Å². The molecule has 0 saturated carbocycles. The number of rotatable bonds is 4. The first-order chi connectivity index (χ1) is 7.82. The summed E-state index contributed by atoms with van der Waals surface area (Å²) in [5.41, 5.74) is 3.56. The first kappa shape index (κ1) is 14.1. The molecule has 1 rings (SSSR count). The van der Waals surface area contributed by atoms with Crippen LogP contribution in [-0.4, -0.2) is 16.3 Å². The molecule has 94 valence electrons. The molecule has 0 aliphatic heterocycles. The Morgan fingerprint density at radius 3 is 2.00 bits per heavy atom. The average Bonchev–Trinajstić information content (AvgIpc) is 2.14. The standard InChI is InChI=1S/C14H20O2S/c1-8(2)12(14(15)16)17-13-10(4)6-9(3)7-11(13)5/h6-8,12H,1-5H3,(H,15,16). The lowest BCUT2D eigenvalue weighted by Crippen LogP contribution is -2.22. The molecular formula is C14H20O2S. The lowest BCUT2D eigenvalue weighted by atomic mass is 10.1. The van der Waals surface area contributed by atoms with Crippen LogP contribution in [0.15, 0.2) is 17.0 Å². The molecule has 0 fully saturated rings. The lowest BCUT2D eigenvalue weighted by Gasteiger charge is -2.18. The van der Waals surface area contributed by atoms with Gasteiger partial charge in [0.25, 0.3) is 0 Å². The van der Waals surface area contributed by atoms with Gasteiger partial charge in [0.15, 0.2) is 0 Å². The van der Waals surface area contributed by atoms with Gasteiger partial charge in [-0.15, -0.1) is 11.8 Å². The normalized spacial score (nSPS) is 12.8. The Morgan fingerprint density at radius 1 is 1.18 bits per heavy atom. The van der Waals surface area contributed by atoms with Gasteiger partial charge in [0.1, 0.15) is 5.25 Å². The minimum absolute atomic E-state index is 0.123. The molecule has 1 atom stereocenters. The van der Waals surface area contributed by atoms with E-state index in [4.69, 9.17) is 0 Å². The zero-order valence-electron chi connectivity index (χ0n) is 11.1. The smallest absolute Gasteiger partial charge is 0.317 e. The molecule has 0 aliphatic carbocycles. The summed E-state index contributed by atoms with van der Waals surface area (Å²) >= 11 is 1.47. The molecule has 3 heteroatoms. The van der Waals surface area contributed by atoms with Gasteiger partial charge in [-0.25, -0.2) is 0 Å². The average molecular weight is 252 g/mol. The fraction of sp³-hybridized carbons (Fsp3) is 0.500. The molecule has 0 heterocycles. The summed E-state index contributed by atoms with van der Waals surface area (Å²) in [6.45, 7) is 10.0. The van der Waals surface area contributed by atoms with Gasteiger partial charge < -0.3 is 5.11 Å². The summed E-state index contributed by atoms with van der Waals surface area (Å²) in [6, 6.07) is 4.21. The summed E-state index contributed by atoms with van der Waals surface area (Å²) in [5.74, 6) is -0.609. The Bertz CT molecular complexity index is 401. The highest BCUT2D eigenvalue weighted by molar-refractivity contribution is 8.00. The van der Waals surface area contributed by atoms with Gasteiger partial charge in [-0.3, -0.25) is 4.79 Å². The van der Waals surface area contributed by atoms with Crippen molar-refractivity contribution in [3.8, 4) is 0 Å². The van der Waals surface area contributed by atoms with E-state index in [9.17, 15) is 9.90 Å². The van der Waals surface area contributed by atoms with E-state index >= 15 is 0 Å². The molecule has 0 radical (unpaired) electrons. The van der Waals surface area contributed by atoms with Crippen LogP contribution in [0.3, 0.4) is 0 Å². The van der Waals surface area contributed by atoms with Crippen molar-refractivity contribution in [2.24, 2.45) is 5.92 Å². The Balaban J connectivity index is 3.05. The largest absolute Gasteiger partial charge is 0.480 e. The number of benzene rings is 1. The fourth-order valence-corrected chi connectivity index (χ4v) is 3.07. The van der Waals surface area contributed by atoms with Gasteiger partial charge in [0.05, 0.1) is 0 Å². The third-order valence-electron chi connectivity index (χ3n) is 2.70. The van der Waals surface area contributed by atoms with Crippen LogP contribution in [0, 0.1) is 26.7 Å². The number of aryl methyl sites for hydroxylation is 3. The van der Waals surface area contributed by atoms with E-state index in [2.05, 4.69) is 19.1 Å². The summed E-state index contributed by atoms with van der Waals surface area (Å²) in [4.78, 5) is 12.3. The van der Waals surface area contributed by atoms with Crippen LogP contribution in [0.1, 0.15) is 30.5 Å². The van der Waals surface area contributed by atoms with E-state index in [1.807, 2.05) is 27.7 Å². The zero-order valence-corrected chi connectivity index (χ0v) is 11.9. The number of aliphatic carboxylic acids is 1. The summed E-state index contributed by atoms with van der Waals surface area (Å²) in [5, 5.41) is 8.84. The number of hydrogen-bond donors (Lipinski definition) is 1. The number of carbonyl (C=O) groups is 1. The van der Waals surface area contributed by atoms with Crippen LogP contribution in [0.25, 0.3) is 0 Å². The summed E-state index contributed by atoms with van der Waals surface area (Å²) in [6.07, 6.45) is 0. The van der Waals surface area contributed by atoms with Gasteiger partial charge in [-0.05, 0) is 37.8 Å². The van der Waals surface area contributed by atoms with Gasteiger partial charge in [0, 0.05) is 4.90 Å². The van der Waals surface area contributed by atoms with E-state index in [0.717, 1.165) is 4.90 Å². The van der Waals surface area contributed by atoms with Crippen molar-refractivity contribution in [2.45, 2.75) is 44.8 Å². The SMILES string of the molecule is Cc1cc(C)c(SC(C(=O)O)C(C)C)c(C)c1. The van der Waals surface area contributed by atoms with Gasteiger partial charge >= 0.3 is 5.97 Å². The predicted molar refractivity (Wildman–Crippen MR) is 72.8 cm³/mol. The Kier molecular flexibility index (Phi) is 4.63. The fourth-order valence-electron chi connectivity index (χ4n) is 1.95. The number of thioether (sulfide) groups is 1. The highest BCUT2D eigenvalue weighted by Gasteiger charge is 2.24. The highest BCUT2D eigenvalue weighted by Crippen LogP contribution is 2.33. The van der Waals surface area contributed by atoms with Gasteiger partial charge in [0.2, 0.25) is 0 Å². The third-order valence-corrected chi connectivity index (χ3v) is 4.58.